The van der Waals surface area contributed by atoms with Gasteiger partial charge in [0.2, 0.25) is 0 Å². The largest absolute Gasteiger partial charge is 0.447 e. The van der Waals surface area contributed by atoms with Crippen molar-refractivity contribution < 1.29 is 5.02 Å². The summed E-state index contributed by atoms with van der Waals surface area (Å²) >= 11 is 0. The molecule has 3 aromatic rings. The molecule has 0 spiro atoms. The van der Waals surface area contributed by atoms with Crippen molar-refractivity contribution in [1.82, 2.24) is 10.2 Å². The van der Waals surface area contributed by atoms with Gasteiger partial charge in [0.15, 0.2) is 5.82 Å². The van der Waals surface area contributed by atoms with Crippen LogP contribution in [0, 0.1) is 0 Å². The number of nitrogens with zero attached hydrogens (tertiary/aromatic N) is 2. The average Bonchev–Trinajstić information content (AvgIpc) is 2.47. The Morgan fingerprint density at radius 3 is 2.70 bits per heavy atom. The lowest BCUT2D eigenvalue weighted by Crippen LogP contribution is -2.25. The van der Waals surface area contributed by atoms with E-state index in [0.29, 0.717) is 5.82 Å². The van der Waals surface area contributed by atoms with Gasteiger partial charge in [-0.3, -0.25) is 0 Å². The molecule has 0 aliphatic heterocycles. The highest BCUT2D eigenvalue weighted by Gasteiger charge is 2.08. The number of nitrogen functional groups attached to an aromatic ring is 1. The summed E-state index contributed by atoms with van der Waals surface area (Å²) in [6.45, 7) is 1.28. The first-order valence-corrected chi connectivity index (χ1v) is 6.44. The predicted octanol–water partition coefficient (Wildman–Crippen LogP) is 1.70. The zero-order valence-corrected chi connectivity index (χ0v) is 11.1. The van der Waals surface area contributed by atoms with Crippen LogP contribution in [0.2, 0.25) is 6.82 Å². The molecule has 4 nitrogen and oxygen atoms in total. The number of anilines is 1. The molecule has 0 unspecified atom stereocenters. The molecule has 98 valence electrons. The number of benzene rings is 2. The van der Waals surface area contributed by atoms with Gasteiger partial charge in [0, 0.05) is 10.8 Å². The Morgan fingerprint density at radius 1 is 1.10 bits per heavy atom. The van der Waals surface area contributed by atoms with Crippen LogP contribution in [0.15, 0.2) is 48.7 Å². The molecule has 0 saturated carbocycles. The molecular formula is C15H14BN3O. The van der Waals surface area contributed by atoms with Crippen molar-refractivity contribution in [2.75, 3.05) is 5.73 Å². The van der Waals surface area contributed by atoms with Crippen LogP contribution in [-0.2, 0) is 0 Å². The number of nitrogens with two attached hydrogens (primary N) is 1. The summed E-state index contributed by atoms with van der Waals surface area (Å²) in [5, 5.41) is 19.2. The van der Waals surface area contributed by atoms with E-state index in [-0.39, 0.29) is 0 Å². The highest BCUT2D eigenvalue weighted by atomic mass is 16.2. The molecule has 0 radical (unpaired) electrons. The molecule has 0 amide bonds. The molecule has 0 aliphatic rings. The van der Waals surface area contributed by atoms with Gasteiger partial charge < -0.3 is 10.8 Å². The van der Waals surface area contributed by atoms with Crippen LogP contribution in [0.4, 0.5) is 5.82 Å². The van der Waals surface area contributed by atoms with Crippen LogP contribution in [0.1, 0.15) is 0 Å². The lowest BCUT2D eigenvalue weighted by Gasteiger charge is -2.07. The van der Waals surface area contributed by atoms with Crippen LogP contribution < -0.4 is 11.2 Å². The van der Waals surface area contributed by atoms with E-state index >= 15 is 0 Å². The highest BCUT2D eigenvalue weighted by Crippen LogP contribution is 2.25. The van der Waals surface area contributed by atoms with Gasteiger partial charge in [0.25, 0.3) is 0 Å². The van der Waals surface area contributed by atoms with Crippen LogP contribution in [0.3, 0.4) is 0 Å². The summed E-state index contributed by atoms with van der Waals surface area (Å²) in [4.78, 5) is 0. The van der Waals surface area contributed by atoms with Crippen molar-refractivity contribution in [3.8, 4) is 11.1 Å². The first kappa shape index (κ1) is 12.6. The minimum absolute atomic E-state index is 0.437. The fourth-order valence-corrected chi connectivity index (χ4v) is 2.27. The maximum absolute atomic E-state index is 9.67. The van der Waals surface area contributed by atoms with Gasteiger partial charge in [-0.25, -0.2) is 0 Å². The molecule has 0 saturated heterocycles. The standard InChI is InChI=1S/C15H14BN3O/c1-16(20)13-4-2-3-10(8-13)11-5-6-14-12(7-11)9-18-19-15(14)17/h2-9,20H,1H3,(H2,17,19). The lowest BCUT2D eigenvalue weighted by atomic mass is 9.64. The fraction of sp³-hybridized carbons (Fsp3) is 0.0667. The van der Waals surface area contributed by atoms with Crippen molar-refractivity contribution >= 4 is 29.0 Å². The summed E-state index contributed by atoms with van der Waals surface area (Å²) in [5.41, 5.74) is 8.82. The van der Waals surface area contributed by atoms with E-state index < -0.39 is 6.92 Å². The van der Waals surface area contributed by atoms with Gasteiger partial charge in [-0.2, -0.15) is 5.10 Å². The molecule has 0 atom stereocenters. The molecule has 5 heteroatoms. The van der Waals surface area contributed by atoms with E-state index in [4.69, 9.17) is 5.73 Å². The summed E-state index contributed by atoms with van der Waals surface area (Å²) in [5.74, 6) is 0.437. The molecular weight excluding hydrogens is 249 g/mol. The third kappa shape index (κ3) is 2.23. The maximum Gasteiger partial charge on any atom is 0.320 e. The van der Waals surface area contributed by atoms with Gasteiger partial charge >= 0.3 is 6.92 Å². The Labute approximate surface area is 117 Å². The summed E-state index contributed by atoms with van der Waals surface area (Å²) in [6.07, 6.45) is 1.70. The van der Waals surface area contributed by atoms with Crippen LogP contribution in [0.25, 0.3) is 21.9 Å². The third-order valence-corrected chi connectivity index (χ3v) is 3.39. The molecule has 2 aromatic carbocycles. The van der Waals surface area contributed by atoms with Gasteiger partial charge in [-0.1, -0.05) is 37.2 Å². The number of fused-ring (bicyclic) bond motifs is 1. The highest BCUT2D eigenvalue weighted by molar-refractivity contribution is 6.64. The normalized spacial score (nSPS) is 10.7. The van der Waals surface area contributed by atoms with E-state index in [2.05, 4.69) is 10.2 Å². The predicted molar refractivity (Wildman–Crippen MR) is 82.9 cm³/mol. The van der Waals surface area contributed by atoms with Gasteiger partial charge in [0.1, 0.15) is 0 Å². The van der Waals surface area contributed by atoms with Gasteiger partial charge in [-0.15, -0.1) is 5.10 Å². The second-order valence-electron chi connectivity index (χ2n) is 4.83. The lowest BCUT2D eigenvalue weighted by molar-refractivity contribution is 0.594. The first-order valence-electron chi connectivity index (χ1n) is 6.44. The first-order chi connectivity index (χ1) is 9.65. The van der Waals surface area contributed by atoms with E-state index in [1.54, 1.807) is 13.0 Å². The number of rotatable bonds is 2. The zero-order valence-electron chi connectivity index (χ0n) is 11.1. The van der Waals surface area contributed by atoms with Gasteiger partial charge in [0.05, 0.1) is 6.20 Å². The quantitative estimate of drug-likeness (QED) is 0.690. The SMILES string of the molecule is CB(O)c1cccc(-c2ccc3c(N)nncc3c2)c1. The second kappa shape index (κ2) is 4.94. The third-order valence-electron chi connectivity index (χ3n) is 3.39. The summed E-state index contributed by atoms with van der Waals surface area (Å²) < 4.78 is 0. The minimum atomic E-state index is -0.475. The summed E-state index contributed by atoms with van der Waals surface area (Å²) in [7, 11) is 0. The minimum Gasteiger partial charge on any atom is -0.447 e. The Kier molecular flexibility index (Phi) is 3.12. The number of hydrogen-bond acceptors (Lipinski definition) is 4. The average molecular weight is 263 g/mol. The van der Waals surface area contributed by atoms with Crippen LogP contribution >= 0.6 is 0 Å². The monoisotopic (exact) mass is 263 g/mol. The summed E-state index contributed by atoms with van der Waals surface area (Å²) in [6, 6.07) is 13.8. The number of hydrogen-bond donors (Lipinski definition) is 2. The molecule has 0 aliphatic carbocycles. The molecule has 1 aromatic heterocycles. The van der Waals surface area contributed by atoms with Crippen LogP contribution in [0.5, 0.6) is 0 Å². The van der Waals surface area contributed by atoms with E-state index in [1.165, 1.54) is 0 Å². The van der Waals surface area contributed by atoms with Crippen molar-refractivity contribution in [2.45, 2.75) is 6.82 Å². The maximum atomic E-state index is 9.67. The van der Waals surface area contributed by atoms with Crippen molar-refractivity contribution in [2.24, 2.45) is 0 Å². The van der Waals surface area contributed by atoms with Crippen molar-refractivity contribution in [3.05, 3.63) is 48.7 Å². The van der Waals surface area contributed by atoms with Crippen molar-refractivity contribution in [3.63, 3.8) is 0 Å². The van der Waals surface area contributed by atoms with E-state index in [1.807, 2.05) is 42.5 Å². The molecule has 1 heterocycles. The van der Waals surface area contributed by atoms with Crippen LogP contribution in [-0.4, -0.2) is 22.1 Å². The topological polar surface area (TPSA) is 72.0 Å². The number of aromatic nitrogens is 2. The van der Waals surface area contributed by atoms with E-state index in [9.17, 15) is 5.02 Å². The smallest absolute Gasteiger partial charge is 0.320 e. The Balaban J connectivity index is 2.13. The molecule has 3 rings (SSSR count). The fourth-order valence-electron chi connectivity index (χ4n) is 2.27. The molecule has 0 fully saturated rings. The zero-order chi connectivity index (χ0) is 14.1. The Morgan fingerprint density at radius 2 is 1.90 bits per heavy atom. The Hall–Kier alpha value is -2.40. The molecule has 20 heavy (non-hydrogen) atoms. The molecule has 3 N–H and O–H groups in total. The van der Waals surface area contributed by atoms with Crippen molar-refractivity contribution in [1.29, 1.82) is 0 Å². The Bertz CT molecular complexity index is 774. The second-order valence-corrected chi connectivity index (χ2v) is 4.83. The molecule has 0 bridgehead atoms. The van der Waals surface area contributed by atoms with Gasteiger partial charge in [-0.05, 0) is 28.7 Å². The van der Waals surface area contributed by atoms with E-state index in [0.717, 1.165) is 27.4 Å².